The SMILES string of the molecule is CCCCCCCCC(=O)NN=Cc1c(F)c(F)c(F)c(F)c1F. The minimum atomic E-state index is -2.24. The number of amides is 1. The van der Waals surface area contributed by atoms with Crippen LogP contribution in [0.3, 0.4) is 0 Å². The summed E-state index contributed by atoms with van der Waals surface area (Å²) in [5.74, 6) is -10.9. The number of carbonyl (C=O) groups excluding carboxylic acids is 1. The molecule has 0 fully saturated rings. The van der Waals surface area contributed by atoms with Gasteiger partial charge >= 0.3 is 0 Å². The first kappa shape index (κ1) is 20.1. The Hall–Kier alpha value is -1.99. The van der Waals surface area contributed by atoms with Crippen molar-refractivity contribution in [3.8, 4) is 0 Å². The number of benzene rings is 1. The number of hydrogen-bond acceptors (Lipinski definition) is 2. The Bertz CT molecular complexity index is 576. The molecule has 0 aliphatic rings. The van der Waals surface area contributed by atoms with Crippen molar-refractivity contribution in [2.45, 2.75) is 51.9 Å². The van der Waals surface area contributed by atoms with Crippen molar-refractivity contribution in [1.82, 2.24) is 5.43 Å². The number of rotatable bonds is 9. The molecule has 1 amide bonds. The first-order chi connectivity index (χ1) is 11.4. The molecule has 8 heteroatoms. The maximum absolute atomic E-state index is 13.4. The Morgan fingerprint density at radius 2 is 1.38 bits per heavy atom. The van der Waals surface area contributed by atoms with E-state index in [4.69, 9.17) is 0 Å². The molecule has 1 rings (SSSR count). The van der Waals surface area contributed by atoms with E-state index in [1.54, 1.807) is 0 Å². The lowest BCUT2D eigenvalue weighted by Gasteiger charge is -2.04. The van der Waals surface area contributed by atoms with Crippen molar-refractivity contribution in [3.63, 3.8) is 0 Å². The van der Waals surface area contributed by atoms with Crippen LogP contribution in [0, 0.1) is 29.1 Å². The molecule has 0 atom stereocenters. The molecule has 0 saturated heterocycles. The number of nitrogens with zero attached hydrogens (tertiary/aromatic N) is 1. The van der Waals surface area contributed by atoms with Gasteiger partial charge in [0.05, 0.1) is 11.8 Å². The van der Waals surface area contributed by atoms with Crippen LogP contribution >= 0.6 is 0 Å². The average Bonchev–Trinajstić information content (AvgIpc) is 2.57. The summed E-state index contributed by atoms with van der Waals surface area (Å²) in [6.45, 7) is 2.09. The molecule has 0 radical (unpaired) electrons. The summed E-state index contributed by atoms with van der Waals surface area (Å²) in [5.41, 5.74) is 0.797. The van der Waals surface area contributed by atoms with Crippen LogP contribution in [0.2, 0.25) is 0 Å². The average molecular weight is 350 g/mol. The fourth-order valence-electron chi connectivity index (χ4n) is 2.03. The van der Waals surface area contributed by atoms with E-state index in [0.29, 0.717) is 12.6 Å². The molecule has 0 spiro atoms. The predicted molar refractivity (Wildman–Crippen MR) is 80.0 cm³/mol. The second kappa shape index (κ2) is 10.00. The number of hydrazone groups is 1. The highest BCUT2D eigenvalue weighted by Gasteiger charge is 2.24. The van der Waals surface area contributed by atoms with Crippen LogP contribution in [0.1, 0.15) is 57.4 Å². The monoisotopic (exact) mass is 350 g/mol. The summed E-state index contributed by atoms with van der Waals surface area (Å²) in [6, 6.07) is 0. The van der Waals surface area contributed by atoms with Crippen molar-refractivity contribution in [1.29, 1.82) is 0 Å². The molecule has 0 unspecified atom stereocenters. The molecule has 0 saturated carbocycles. The zero-order chi connectivity index (χ0) is 18.1. The van der Waals surface area contributed by atoms with Crippen LogP contribution in [0.4, 0.5) is 22.0 Å². The highest BCUT2D eigenvalue weighted by molar-refractivity contribution is 5.83. The minimum Gasteiger partial charge on any atom is -0.273 e. The third-order valence-electron chi connectivity index (χ3n) is 3.38. The summed E-state index contributed by atoms with van der Waals surface area (Å²) in [5, 5.41) is 3.24. The molecule has 1 aromatic rings. The first-order valence-corrected chi connectivity index (χ1v) is 7.73. The number of carbonyl (C=O) groups is 1. The maximum Gasteiger partial charge on any atom is 0.240 e. The van der Waals surface area contributed by atoms with E-state index < -0.39 is 40.6 Å². The van der Waals surface area contributed by atoms with Crippen LogP contribution in [0.15, 0.2) is 5.10 Å². The van der Waals surface area contributed by atoms with Crippen molar-refractivity contribution in [2.75, 3.05) is 0 Å². The van der Waals surface area contributed by atoms with Gasteiger partial charge in [0.1, 0.15) is 0 Å². The first-order valence-electron chi connectivity index (χ1n) is 7.73. The van der Waals surface area contributed by atoms with E-state index in [1.165, 1.54) is 0 Å². The molecular weight excluding hydrogens is 331 g/mol. The molecule has 24 heavy (non-hydrogen) atoms. The quantitative estimate of drug-likeness (QED) is 0.174. The van der Waals surface area contributed by atoms with Crippen LogP contribution in [-0.2, 0) is 4.79 Å². The second-order valence-electron chi connectivity index (χ2n) is 5.29. The predicted octanol–water partition coefficient (Wildman–Crippen LogP) is 4.58. The Kier molecular flexibility index (Phi) is 8.35. The van der Waals surface area contributed by atoms with Gasteiger partial charge in [-0.15, -0.1) is 0 Å². The molecule has 1 aromatic carbocycles. The van der Waals surface area contributed by atoms with Gasteiger partial charge in [-0.1, -0.05) is 39.0 Å². The molecule has 1 N–H and O–H groups in total. The molecule has 0 aliphatic carbocycles. The lowest BCUT2D eigenvalue weighted by atomic mass is 10.1. The van der Waals surface area contributed by atoms with Gasteiger partial charge < -0.3 is 0 Å². The molecule has 134 valence electrons. The fraction of sp³-hybridized carbons (Fsp3) is 0.500. The zero-order valence-electron chi connectivity index (χ0n) is 13.3. The summed E-state index contributed by atoms with van der Waals surface area (Å²) in [6.07, 6.45) is 6.43. The molecule has 0 heterocycles. The summed E-state index contributed by atoms with van der Waals surface area (Å²) >= 11 is 0. The van der Waals surface area contributed by atoms with E-state index >= 15 is 0 Å². The van der Waals surface area contributed by atoms with Gasteiger partial charge in [-0.05, 0) is 6.42 Å². The van der Waals surface area contributed by atoms with Crippen LogP contribution < -0.4 is 5.43 Å². The highest BCUT2D eigenvalue weighted by Crippen LogP contribution is 2.21. The standard InChI is InChI=1S/C16H19F5N2O/c1-2-3-4-5-6-7-8-11(24)23-22-9-10-12(17)14(19)16(21)15(20)13(10)18/h9H,2-8H2,1H3,(H,23,24). The van der Waals surface area contributed by atoms with E-state index in [0.717, 1.165) is 32.1 Å². The smallest absolute Gasteiger partial charge is 0.240 e. The Morgan fingerprint density at radius 3 is 1.96 bits per heavy atom. The molecule has 0 bridgehead atoms. The van der Waals surface area contributed by atoms with Crippen LogP contribution in [0.25, 0.3) is 0 Å². The number of unbranched alkanes of at least 4 members (excludes halogenated alkanes) is 5. The van der Waals surface area contributed by atoms with Gasteiger partial charge in [0, 0.05) is 6.42 Å². The van der Waals surface area contributed by atoms with Gasteiger partial charge in [0.25, 0.3) is 0 Å². The molecular formula is C16H19F5N2O. The zero-order valence-corrected chi connectivity index (χ0v) is 13.3. The Balaban J connectivity index is 2.52. The Labute approximate surface area is 136 Å². The van der Waals surface area contributed by atoms with Crippen molar-refractivity contribution in [3.05, 3.63) is 34.6 Å². The van der Waals surface area contributed by atoms with Crippen LogP contribution in [-0.4, -0.2) is 12.1 Å². The second-order valence-corrected chi connectivity index (χ2v) is 5.29. The topological polar surface area (TPSA) is 41.5 Å². The number of hydrogen-bond donors (Lipinski definition) is 1. The minimum absolute atomic E-state index is 0.167. The number of nitrogens with one attached hydrogen (secondary N) is 1. The van der Waals surface area contributed by atoms with Gasteiger partial charge in [0.15, 0.2) is 23.3 Å². The van der Waals surface area contributed by atoms with Crippen molar-refractivity contribution < 1.29 is 26.7 Å². The molecule has 0 aliphatic heterocycles. The van der Waals surface area contributed by atoms with E-state index in [-0.39, 0.29) is 6.42 Å². The summed E-state index contributed by atoms with van der Waals surface area (Å²) < 4.78 is 65.5. The van der Waals surface area contributed by atoms with Crippen molar-refractivity contribution in [2.24, 2.45) is 5.10 Å². The lowest BCUT2D eigenvalue weighted by molar-refractivity contribution is -0.121. The normalized spacial score (nSPS) is 11.2. The van der Waals surface area contributed by atoms with E-state index in [1.807, 2.05) is 5.43 Å². The summed E-state index contributed by atoms with van der Waals surface area (Å²) in [7, 11) is 0. The summed E-state index contributed by atoms with van der Waals surface area (Å²) in [4.78, 5) is 11.5. The van der Waals surface area contributed by atoms with Crippen molar-refractivity contribution >= 4 is 12.1 Å². The van der Waals surface area contributed by atoms with Gasteiger partial charge in [0.2, 0.25) is 11.7 Å². The fourth-order valence-corrected chi connectivity index (χ4v) is 2.03. The van der Waals surface area contributed by atoms with Crippen LogP contribution in [0.5, 0.6) is 0 Å². The molecule has 3 nitrogen and oxygen atoms in total. The third-order valence-corrected chi connectivity index (χ3v) is 3.38. The van der Waals surface area contributed by atoms with Gasteiger partial charge in [-0.3, -0.25) is 4.79 Å². The van der Waals surface area contributed by atoms with Gasteiger partial charge in [-0.2, -0.15) is 5.10 Å². The number of halogens is 5. The van der Waals surface area contributed by atoms with E-state index in [2.05, 4.69) is 12.0 Å². The molecule has 0 aromatic heterocycles. The lowest BCUT2D eigenvalue weighted by Crippen LogP contribution is -2.17. The Morgan fingerprint density at radius 1 is 0.875 bits per heavy atom. The third kappa shape index (κ3) is 5.58. The van der Waals surface area contributed by atoms with Gasteiger partial charge in [-0.25, -0.2) is 27.4 Å². The van der Waals surface area contributed by atoms with E-state index in [9.17, 15) is 26.7 Å². The largest absolute Gasteiger partial charge is 0.273 e. The maximum atomic E-state index is 13.4. The highest BCUT2D eigenvalue weighted by atomic mass is 19.2.